The minimum absolute atomic E-state index is 0.339. The van der Waals surface area contributed by atoms with Crippen molar-refractivity contribution in [2.24, 2.45) is 0 Å². The standard InChI is InChI=1S/C10H18N2O2/c1-3-7-12-9(5-6-11-12)10(13)8-14-4-2/h5-6,10,13H,3-4,7-8H2,1-2H3. The number of aliphatic hydroxyl groups is 1. The van der Waals surface area contributed by atoms with Gasteiger partial charge in [-0.25, -0.2) is 0 Å². The minimum Gasteiger partial charge on any atom is -0.384 e. The zero-order valence-electron chi connectivity index (χ0n) is 8.81. The van der Waals surface area contributed by atoms with Crippen LogP contribution < -0.4 is 0 Å². The molecule has 1 aromatic heterocycles. The van der Waals surface area contributed by atoms with Gasteiger partial charge in [-0.2, -0.15) is 5.10 Å². The quantitative estimate of drug-likeness (QED) is 0.750. The molecule has 0 aromatic carbocycles. The molecular weight excluding hydrogens is 180 g/mol. The molecule has 4 heteroatoms. The second kappa shape index (κ2) is 5.78. The van der Waals surface area contributed by atoms with Crippen LogP contribution in [0.2, 0.25) is 0 Å². The largest absolute Gasteiger partial charge is 0.384 e. The van der Waals surface area contributed by atoms with E-state index in [1.807, 2.05) is 17.7 Å². The van der Waals surface area contributed by atoms with Gasteiger partial charge in [-0.05, 0) is 19.4 Å². The van der Waals surface area contributed by atoms with Gasteiger partial charge in [0, 0.05) is 19.3 Å². The van der Waals surface area contributed by atoms with Crippen LogP contribution in [-0.2, 0) is 11.3 Å². The molecular formula is C10H18N2O2. The summed E-state index contributed by atoms with van der Waals surface area (Å²) in [5.74, 6) is 0. The smallest absolute Gasteiger partial charge is 0.119 e. The van der Waals surface area contributed by atoms with Gasteiger partial charge in [0.25, 0.3) is 0 Å². The van der Waals surface area contributed by atoms with Gasteiger partial charge in [-0.1, -0.05) is 6.92 Å². The third-order valence-corrected chi connectivity index (χ3v) is 2.01. The summed E-state index contributed by atoms with van der Waals surface area (Å²) < 4.78 is 6.98. The molecule has 1 N–H and O–H groups in total. The van der Waals surface area contributed by atoms with Crippen LogP contribution in [0.1, 0.15) is 32.1 Å². The number of nitrogens with zero attached hydrogens (tertiary/aromatic N) is 2. The van der Waals surface area contributed by atoms with Gasteiger partial charge < -0.3 is 9.84 Å². The van der Waals surface area contributed by atoms with Crippen molar-refractivity contribution in [3.63, 3.8) is 0 Å². The zero-order chi connectivity index (χ0) is 10.4. The SMILES string of the molecule is CCCn1nccc1C(O)COCC. The minimum atomic E-state index is -0.566. The van der Waals surface area contributed by atoms with Gasteiger partial charge in [0.05, 0.1) is 12.3 Å². The Morgan fingerprint density at radius 3 is 3.00 bits per heavy atom. The van der Waals surface area contributed by atoms with E-state index in [-0.39, 0.29) is 0 Å². The zero-order valence-corrected chi connectivity index (χ0v) is 8.81. The van der Waals surface area contributed by atoms with Crippen molar-refractivity contribution in [2.75, 3.05) is 13.2 Å². The average Bonchev–Trinajstić information content (AvgIpc) is 2.63. The van der Waals surface area contributed by atoms with Crippen molar-refractivity contribution in [3.8, 4) is 0 Å². The molecule has 0 radical (unpaired) electrons. The van der Waals surface area contributed by atoms with Crippen molar-refractivity contribution in [1.82, 2.24) is 9.78 Å². The van der Waals surface area contributed by atoms with Crippen molar-refractivity contribution in [3.05, 3.63) is 18.0 Å². The first-order valence-corrected chi connectivity index (χ1v) is 5.07. The Hall–Kier alpha value is -0.870. The third kappa shape index (κ3) is 2.82. The fraction of sp³-hybridized carbons (Fsp3) is 0.700. The van der Waals surface area contributed by atoms with Crippen molar-refractivity contribution < 1.29 is 9.84 Å². The molecule has 0 aliphatic carbocycles. The highest BCUT2D eigenvalue weighted by Crippen LogP contribution is 2.12. The molecule has 80 valence electrons. The lowest BCUT2D eigenvalue weighted by atomic mass is 10.2. The molecule has 0 amide bonds. The van der Waals surface area contributed by atoms with Gasteiger partial charge >= 0.3 is 0 Å². The van der Waals surface area contributed by atoms with Gasteiger partial charge in [0.2, 0.25) is 0 Å². The molecule has 0 saturated heterocycles. The lowest BCUT2D eigenvalue weighted by molar-refractivity contribution is 0.0371. The summed E-state index contributed by atoms with van der Waals surface area (Å²) in [7, 11) is 0. The maximum Gasteiger partial charge on any atom is 0.119 e. The fourth-order valence-corrected chi connectivity index (χ4v) is 1.34. The van der Waals surface area contributed by atoms with Crippen molar-refractivity contribution in [2.45, 2.75) is 32.9 Å². The molecule has 0 aliphatic rings. The van der Waals surface area contributed by atoms with Gasteiger partial charge in [-0.15, -0.1) is 0 Å². The van der Waals surface area contributed by atoms with Crippen LogP contribution in [0.4, 0.5) is 0 Å². The number of hydrogen-bond donors (Lipinski definition) is 1. The van der Waals surface area contributed by atoms with E-state index in [4.69, 9.17) is 4.74 Å². The number of ether oxygens (including phenoxy) is 1. The molecule has 0 fully saturated rings. The van der Waals surface area contributed by atoms with E-state index < -0.39 is 6.10 Å². The van der Waals surface area contributed by atoms with E-state index in [9.17, 15) is 5.11 Å². The number of hydrogen-bond acceptors (Lipinski definition) is 3. The van der Waals surface area contributed by atoms with Crippen molar-refractivity contribution >= 4 is 0 Å². The first-order chi connectivity index (χ1) is 6.79. The highest BCUT2D eigenvalue weighted by atomic mass is 16.5. The first kappa shape index (κ1) is 11.2. The summed E-state index contributed by atoms with van der Waals surface area (Å²) in [6, 6.07) is 1.83. The number of aromatic nitrogens is 2. The topological polar surface area (TPSA) is 47.3 Å². The first-order valence-electron chi connectivity index (χ1n) is 5.07. The highest BCUT2D eigenvalue weighted by molar-refractivity contribution is 5.04. The summed E-state index contributed by atoms with van der Waals surface area (Å²) in [6.07, 6.45) is 2.15. The molecule has 0 saturated carbocycles. The summed E-state index contributed by atoms with van der Waals surface area (Å²) in [6.45, 7) is 5.80. The normalized spacial score (nSPS) is 13.1. The molecule has 4 nitrogen and oxygen atoms in total. The molecule has 0 aliphatic heterocycles. The van der Waals surface area contributed by atoms with Crippen LogP contribution in [0.5, 0.6) is 0 Å². The molecule has 1 unspecified atom stereocenters. The second-order valence-corrected chi connectivity index (χ2v) is 3.15. The van der Waals surface area contributed by atoms with E-state index >= 15 is 0 Å². The monoisotopic (exact) mass is 198 g/mol. The molecule has 1 rings (SSSR count). The van der Waals surface area contributed by atoms with E-state index in [0.29, 0.717) is 13.2 Å². The molecule has 1 atom stereocenters. The van der Waals surface area contributed by atoms with Crippen LogP contribution in [-0.4, -0.2) is 28.1 Å². The third-order valence-electron chi connectivity index (χ3n) is 2.01. The number of rotatable bonds is 6. The van der Waals surface area contributed by atoms with Crippen LogP contribution in [0, 0.1) is 0 Å². The summed E-state index contributed by atoms with van der Waals surface area (Å²) in [4.78, 5) is 0. The van der Waals surface area contributed by atoms with Crippen LogP contribution in [0.25, 0.3) is 0 Å². The Morgan fingerprint density at radius 2 is 2.36 bits per heavy atom. The molecule has 1 aromatic rings. The number of aryl methyl sites for hydroxylation is 1. The molecule has 0 spiro atoms. The van der Waals surface area contributed by atoms with Crippen LogP contribution in [0.3, 0.4) is 0 Å². The Labute approximate surface area is 84.5 Å². The predicted molar refractivity (Wildman–Crippen MR) is 54.0 cm³/mol. The number of aliphatic hydroxyl groups excluding tert-OH is 1. The lowest BCUT2D eigenvalue weighted by Crippen LogP contribution is -2.13. The van der Waals surface area contributed by atoms with Crippen LogP contribution >= 0.6 is 0 Å². The Balaban J connectivity index is 2.58. The predicted octanol–water partition coefficient (Wildman–Crippen LogP) is 1.36. The summed E-state index contributed by atoms with van der Waals surface area (Å²) >= 11 is 0. The average molecular weight is 198 g/mol. The molecule has 0 bridgehead atoms. The Bertz CT molecular complexity index is 260. The molecule has 14 heavy (non-hydrogen) atoms. The maximum absolute atomic E-state index is 9.76. The van der Waals surface area contributed by atoms with Crippen molar-refractivity contribution in [1.29, 1.82) is 0 Å². The molecule has 1 heterocycles. The van der Waals surface area contributed by atoms with Gasteiger partial charge in [0.1, 0.15) is 6.10 Å². The summed E-state index contributed by atoms with van der Waals surface area (Å²) in [5, 5.41) is 13.9. The lowest BCUT2D eigenvalue weighted by Gasteiger charge is -2.12. The highest BCUT2D eigenvalue weighted by Gasteiger charge is 2.12. The van der Waals surface area contributed by atoms with E-state index in [1.165, 1.54) is 0 Å². The van der Waals surface area contributed by atoms with Gasteiger partial charge in [0.15, 0.2) is 0 Å². The van der Waals surface area contributed by atoms with Gasteiger partial charge in [-0.3, -0.25) is 4.68 Å². The van der Waals surface area contributed by atoms with E-state index in [1.54, 1.807) is 6.20 Å². The fourth-order valence-electron chi connectivity index (χ4n) is 1.34. The second-order valence-electron chi connectivity index (χ2n) is 3.15. The van der Waals surface area contributed by atoms with Crippen LogP contribution in [0.15, 0.2) is 12.3 Å². The summed E-state index contributed by atoms with van der Waals surface area (Å²) in [5.41, 5.74) is 0.834. The van der Waals surface area contributed by atoms with E-state index in [0.717, 1.165) is 18.7 Å². The Morgan fingerprint density at radius 1 is 1.57 bits per heavy atom. The van der Waals surface area contributed by atoms with E-state index in [2.05, 4.69) is 12.0 Å². The maximum atomic E-state index is 9.76. The Kier molecular flexibility index (Phi) is 4.62.